The van der Waals surface area contributed by atoms with Gasteiger partial charge in [0.1, 0.15) is 90.8 Å². The van der Waals surface area contributed by atoms with E-state index in [0.29, 0.717) is 116 Å². The van der Waals surface area contributed by atoms with Crippen LogP contribution in [0.1, 0.15) is 245 Å². The average molecular weight is 1990 g/mol. The Labute approximate surface area is 829 Å². The minimum absolute atomic E-state index is 0.0189. The largest absolute Gasteiger partial charge is 0.377 e. The lowest BCUT2D eigenvalue weighted by molar-refractivity contribution is -0.125. The molecule has 3 aliphatic heterocycles. The number of aromatic nitrogens is 12. The third-order valence-corrected chi connectivity index (χ3v) is 31.2. The highest BCUT2D eigenvalue weighted by molar-refractivity contribution is 7.90. The molecule has 4 N–H and O–H groups in total. The number of amides is 4. The number of carbonyl (C=O) groups excluding carboxylic acids is 7. The molecule has 0 spiro atoms. The number of hydrogen-bond donors (Lipinski definition) is 4. The summed E-state index contributed by atoms with van der Waals surface area (Å²) in [6.07, 6.45) is 29.2. The number of fused-ring (bicyclic) bond motifs is 10. The zero-order chi connectivity index (χ0) is 101. The number of carbonyl (C=O) groups is 7. The van der Waals surface area contributed by atoms with Crippen LogP contribution in [0.5, 0.6) is 0 Å². The van der Waals surface area contributed by atoms with Gasteiger partial charge in [0.15, 0.2) is 29.1 Å². The number of nitrogens with zero attached hydrogens (tertiary/aromatic N) is 12. The van der Waals surface area contributed by atoms with Crippen molar-refractivity contribution >= 4 is 141 Å². The molecule has 8 aromatic heterocycles. The number of Topliss-reactive ketones (excluding diaryl/α,β-unsaturated/α-hetero) is 3. The molecule has 4 aliphatic carbocycles. The topological polar surface area (TPSA) is 334 Å². The Bertz CT molecular complexity index is 7010. The second kappa shape index (κ2) is 42.2. The van der Waals surface area contributed by atoms with Crippen molar-refractivity contribution in [2.75, 3.05) is 47.0 Å². The van der Waals surface area contributed by atoms with E-state index in [9.17, 15) is 46.4 Å². The molecule has 11 heterocycles. The number of anilines is 4. The van der Waals surface area contributed by atoms with Gasteiger partial charge in [0, 0.05) is 134 Å². The van der Waals surface area contributed by atoms with E-state index >= 15 is 13.2 Å². The fraction of sp³-hybridized carbons (Fsp3) is 0.491. The van der Waals surface area contributed by atoms with Crippen LogP contribution in [0.25, 0.3) is 88.6 Å². The first-order valence-electron chi connectivity index (χ1n) is 49.4. The first kappa shape index (κ1) is 102. The minimum atomic E-state index is -3.09. The molecule has 0 radical (unpaired) electrons. The Morgan fingerprint density at radius 1 is 0.433 bits per heavy atom. The fourth-order valence-corrected chi connectivity index (χ4v) is 24.2. The Morgan fingerprint density at radius 3 is 1.09 bits per heavy atom. The monoisotopic (exact) mass is 1980 g/mol. The molecule has 4 aromatic carbocycles. The van der Waals surface area contributed by atoms with Crippen LogP contribution in [0, 0.1) is 84.5 Å². The molecule has 0 unspecified atom stereocenters. The molecule has 0 saturated heterocycles. The Kier molecular flexibility index (Phi) is 30.6. The maximum absolute atomic E-state index is 15.2. The van der Waals surface area contributed by atoms with Gasteiger partial charge in [0.05, 0.1) is 44.2 Å². The molecule has 4 fully saturated rings. The van der Waals surface area contributed by atoms with Gasteiger partial charge in [-0.1, -0.05) is 48.9 Å². The molecule has 12 aromatic rings. The van der Waals surface area contributed by atoms with Crippen LogP contribution in [-0.4, -0.2) is 133 Å². The molecule has 26 nitrogen and oxygen atoms in total. The van der Waals surface area contributed by atoms with Gasteiger partial charge in [-0.2, -0.15) is 0 Å². The lowest BCUT2D eigenvalue weighted by Crippen LogP contribution is -2.30. The van der Waals surface area contributed by atoms with E-state index in [4.69, 9.17) is 27.9 Å². The molecule has 0 bridgehead atoms. The maximum atomic E-state index is 15.2. The average Bonchev–Trinajstić information content (AvgIpc) is 1.59. The molecule has 33 heteroatoms. The molecule has 19 rings (SSSR count). The van der Waals surface area contributed by atoms with E-state index < -0.39 is 21.5 Å². The number of methoxy groups -OCH3 is 1. The molecular formula is C108H126Cl2F4N16O10S. The summed E-state index contributed by atoms with van der Waals surface area (Å²) < 4.78 is 97.0. The van der Waals surface area contributed by atoms with Gasteiger partial charge < -0.3 is 53.9 Å². The van der Waals surface area contributed by atoms with Crippen LogP contribution in [-0.2, 0) is 84.0 Å². The maximum Gasteiger partial charge on any atom is 0.228 e. The van der Waals surface area contributed by atoms with Gasteiger partial charge in [0.2, 0.25) is 23.6 Å². The minimum Gasteiger partial charge on any atom is -0.377 e. The van der Waals surface area contributed by atoms with Crippen LogP contribution in [0.4, 0.5) is 40.8 Å². The summed E-state index contributed by atoms with van der Waals surface area (Å²) in [6, 6.07) is 20.8. The van der Waals surface area contributed by atoms with Crippen molar-refractivity contribution < 1.29 is 64.3 Å². The van der Waals surface area contributed by atoms with Gasteiger partial charge in [0.25, 0.3) is 0 Å². The van der Waals surface area contributed by atoms with E-state index in [1.54, 1.807) is 50.8 Å². The Morgan fingerprint density at radius 2 is 0.745 bits per heavy atom. The van der Waals surface area contributed by atoms with Gasteiger partial charge in [-0.25, -0.2) is 65.9 Å². The van der Waals surface area contributed by atoms with Crippen molar-refractivity contribution in [1.29, 1.82) is 0 Å². The molecule has 7 aliphatic rings. The summed E-state index contributed by atoms with van der Waals surface area (Å²) in [5, 5.41) is 12.4. The van der Waals surface area contributed by atoms with Crippen molar-refractivity contribution in [2.45, 2.75) is 266 Å². The Hall–Kier alpha value is -11.5. The first-order valence-corrected chi connectivity index (χ1v) is 52.2. The zero-order valence-corrected chi connectivity index (χ0v) is 85.1. The third-order valence-electron chi connectivity index (χ3n) is 29.5. The van der Waals surface area contributed by atoms with Crippen LogP contribution in [0.15, 0.2) is 104 Å². The molecule has 4 amide bonds. The summed E-state index contributed by atoms with van der Waals surface area (Å²) in [6.45, 7) is 24.1. The van der Waals surface area contributed by atoms with Crippen molar-refractivity contribution in [1.82, 2.24) is 58.1 Å². The van der Waals surface area contributed by atoms with E-state index in [-0.39, 0.29) is 135 Å². The number of aryl methyl sites for hydroxylation is 5. The SMILES string of the molecule is CC(=O)C[C@@H]1CCC[C@H](C(=O)Nc2cc(-c3cc(F)c4nc5n(c4c3)C(C)(C)CC5)c(C)cn2)C1.CC(=O)C[C@@H]1CCC[C@H](C(=O)Nc2cc(-c3cc(F)c4ncn(C(C)C)c4c3)c(C)cn2)C1.CC1(C)CCc2nc3c(F)cc(-c4cc(NC(=O)[C@H]5CCC[C@@H](CS(C)(=O)=O)C5)ncc4Cl)cc3n21.COCC(=O)C[C@@H]1CCC[C@H](C(=O)Nc2cc(-c3cc(F)c4nc5n(c4c3)C(C)(C)CC5)c(Cl)cn2)C1. The Balaban J connectivity index is 0.000000135. The van der Waals surface area contributed by atoms with Crippen molar-refractivity contribution in [2.24, 2.45) is 47.3 Å². The second-order valence-electron chi connectivity index (χ2n) is 42.4. The number of halogens is 6. The van der Waals surface area contributed by atoms with E-state index in [1.807, 2.05) is 62.6 Å². The molecule has 141 heavy (non-hydrogen) atoms. The normalized spacial score (nSPS) is 20.5. The number of nitrogens with one attached hydrogen (secondary N) is 4. The third kappa shape index (κ3) is 23.2. The number of sulfone groups is 1. The van der Waals surface area contributed by atoms with Crippen LogP contribution < -0.4 is 21.3 Å². The molecule has 746 valence electrons. The standard InChI is InChI=1S/C28H32ClFN4O3.C28H33FN4O2.C26H30ClFN4O3S.C26H31FN4O2/c1-28(2)8-7-25-33-26-22(30)11-18(12-23(26)34(25)28)20-13-24(31-14-21(20)29)32-27(36)17-6-4-5-16(9-17)10-19(35)15-37-3;1-16-15-30-24(31-27(35)19-7-5-6-18(11-19)10-17(2)34)14-21(16)20-12-22(29)26-23(13-20)33-25(32-26)8-9-28(33,3)4;1-26(2)8-7-23-31-24-20(28)10-17(11-21(24)32(23)26)18-12-22(29-13-19(18)27)30-25(33)16-6-4-5-15(9-16)14-36(3,34)35;1-15(2)31-14-29-25-22(27)10-20(11-23(25)31)21-12-24(28-13-16(21)3)30-26(33)19-7-5-6-18(9-19)8-17(4)32/h11-14,16-17H,4-10,15H2,1-3H3,(H,31,32,36);12-15,18-19H,5-11H2,1-4H3,(H,30,31,35);10-13,15-16H,4-9,14H2,1-3H3,(H,29,30,33);10-15,18-19H,5-9H2,1-4H3,(H,28,30,33)/t16-,17+;18-,19-;15-,16+;18-,19-/m1010/s1. The van der Waals surface area contributed by atoms with Gasteiger partial charge in [-0.15, -0.1) is 0 Å². The predicted octanol–water partition coefficient (Wildman–Crippen LogP) is 23.1. The first-order chi connectivity index (χ1) is 66.9. The van der Waals surface area contributed by atoms with Crippen molar-refractivity contribution in [3.05, 3.63) is 166 Å². The molecule has 4 saturated carbocycles. The quantitative estimate of drug-likeness (QED) is 0.0432. The van der Waals surface area contributed by atoms with Crippen LogP contribution >= 0.6 is 23.2 Å². The van der Waals surface area contributed by atoms with Crippen LogP contribution in [0.3, 0.4) is 0 Å². The van der Waals surface area contributed by atoms with Gasteiger partial charge >= 0.3 is 0 Å². The van der Waals surface area contributed by atoms with E-state index in [1.165, 1.54) is 50.0 Å². The van der Waals surface area contributed by atoms with Gasteiger partial charge in [-0.3, -0.25) is 24.0 Å². The van der Waals surface area contributed by atoms with E-state index in [2.05, 4.69) is 116 Å². The molecular weight excluding hydrogens is 1860 g/mol. The van der Waals surface area contributed by atoms with Crippen LogP contribution in [0.2, 0.25) is 10.0 Å². The fourth-order valence-electron chi connectivity index (χ4n) is 22.6. The number of benzene rings is 4. The van der Waals surface area contributed by atoms with Gasteiger partial charge in [-0.05, 0) is 320 Å². The summed E-state index contributed by atoms with van der Waals surface area (Å²) >= 11 is 13.0. The van der Waals surface area contributed by atoms with E-state index in [0.717, 1.165) is 195 Å². The number of imidazole rings is 4. The molecule has 8 atom stereocenters. The number of hydrogen-bond acceptors (Lipinski definition) is 18. The number of pyridine rings is 4. The van der Waals surface area contributed by atoms with Crippen molar-refractivity contribution in [3.8, 4) is 44.5 Å². The predicted molar refractivity (Wildman–Crippen MR) is 543 cm³/mol. The summed E-state index contributed by atoms with van der Waals surface area (Å²) in [5.41, 5.74) is 11.3. The highest BCUT2D eigenvalue weighted by Crippen LogP contribution is 2.46. The lowest BCUT2D eigenvalue weighted by Gasteiger charge is -2.28. The number of rotatable bonds is 23. The zero-order valence-electron chi connectivity index (χ0n) is 82.7. The lowest BCUT2D eigenvalue weighted by atomic mass is 9.79. The smallest absolute Gasteiger partial charge is 0.228 e. The second-order valence-corrected chi connectivity index (χ2v) is 45.4. The number of ketones is 3. The summed E-state index contributed by atoms with van der Waals surface area (Å²) in [7, 11) is -1.58. The number of ether oxygens (including phenoxy) is 1. The summed E-state index contributed by atoms with van der Waals surface area (Å²) in [4.78, 5) is 122. The highest BCUT2D eigenvalue weighted by Gasteiger charge is 2.40. The summed E-state index contributed by atoms with van der Waals surface area (Å²) in [5.74, 6) is 2.83. The highest BCUT2D eigenvalue weighted by atomic mass is 35.5. The van der Waals surface area contributed by atoms with Crippen molar-refractivity contribution in [3.63, 3.8) is 0 Å².